The summed E-state index contributed by atoms with van der Waals surface area (Å²) in [5, 5.41) is 2.70. The highest BCUT2D eigenvalue weighted by Gasteiger charge is 2.23. The van der Waals surface area contributed by atoms with Crippen molar-refractivity contribution in [3.63, 3.8) is 0 Å². The maximum atomic E-state index is 11.4. The second-order valence-corrected chi connectivity index (χ2v) is 6.97. The monoisotopic (exact) mass is 289 g/mol. The largest absolute Gasteiger partial charge is 0.479 e. The minimum atomic E-state index is -3.50. The molecular formula is C11H12ClNO4S. The first-order valence-electron chi connectivity index (χ1n) is 5.38. The number of nitrogens with one attached hydrogen (secondary N) is 1. The molecule has 1 N–H and O–H groups in total. The fourth-order valence-electron chi connectivity index (χ4n) is 1.64. The molecule has 1 heterocycles. The van der Waals surface area contributed by atoms with Gasteiger partial charge in [-0.15, -0.1) is 0 Å². The summed E-state index contributed by atoms with van der Waals surface area (Å²) in [6, 6.07) is 5.14. The fraction of sp³-hybridized carbons (Fsp3) is 0.364. The molecule has 1 aromatic rings. The molecule has 98 valence electrons. The third kappa shape index (κ3) is 3.14. The Labute approximate surface area is 110 Å². The molecule has 1 atom stereocenters. The molecule has 1 aliphatic rings. The molecule has 0 aromatic heterocycles. The van der Waals surface area contributed by atoms with Crippen LogP contribution in [-0.4, -0.2) is 26.2 Å². The van der Waals surface area contributed by atoms with Gasteiger partial charge in [0.15, 0.2) is 6.10 Å². The zero-order valence-corrected chi connectivity index (χ0v) is 11.2. The van der Waals surface area contributed by atoms with Gasteiger partial charge in [0, 0.05) is 10.7 Å². The van der Waals surface area contributed by atoms with Gasteiger partial charge in [-0.25, -0.2) is 8.42 Å². The molecular weight excluding hydrogens is 278 g/mol. The minimum Gasteiger partial charge on any atom is -0.479 e. The number of halogens is 1. The van der Waals surface area contributed by atoms with Gasteiger partial charge in [-0.2, -0.15) is 0 Å². The van der Waals surface area contributed by atoms with Crippen molar-refractivity contribution < 1.29 is 17.9 Å². The quantitative estimate of drug-likeness (QED) is 0.856. The molecule has 0 bridgehead atoms. The Morgan fingerprint density at radius 2 is 2.17 bits per heavy atom. The smallest absolute Gasteiger partial charge is 0.265 e. The van der Waals surface area contributed by atoms with Crippen molar-refractivity contribution >= 4 is 31.3 Å². The van der Waals surface area contributed by atoms with E-state index in [-0.39, 0.29) is 11.7 Å². The van der Waals surface area contributed by atoms with Gasteiger partial charge in [0.05, 0.1) is 11.4 Å². The van der Waals surface area contributed by atoms with Crippen LogP contribution in [-0.2, 0) is 20.3 Å². The van der Waals surface area contributed by atoms with Gasteiger partial charge in [-0.3, -0.25) is 4.79 Å². The van der Waals surface area contributed by atoms with Crippen molar-refractivity contribution in [2.75, 3.05) is 11.1 Å². The summed E-state index contributed by atoms with van der Waals surface area (Å²) in [6.45, 7) is 1.65. The Morgan fingerprint density at radius 1 is 1.44 bits per heavy atom. The first-order valence-corrected chi connectivity index (χ1v) is 7.86. The van der Waals surface area contributed by atoms with Crippen molar-refractivity contribution in [2.24, 2.45) is 0 Å². The average Bonchev–Trinajstić information content (AvgIpc) is 2.27. The van der Waals surface area contributed by atoms with Gasteiger partial charge in [0.2, 0.25) is 9.05 Å². The van der Waals surface area contributed by atoms with Crippen LogP contribution < -0.4 is 10.1 Å². The number of carbonyl (C=O) groups excluding carboxylic acids is 1. The number of rotatable bonds is 3. The van der Waals surface area contributed by atoms with Crippen molar-refractivity contribution in [3.8, 4) is 5.75 Å². The van der Waals surface area contributed by atoms with Crippen LogP contribution in [0.1, 0.15) is 12.5 Å². The maximum absolute atomic E-state index is 11.4. The average molecular weight is 290 g/mol. The lowest BCUT2D eigenvalue weighted by molar-refractivity contribution is -0.122. The molecule has 0 radical (unpaired) electrons. The predicted octanol–water partition coefficient (Wildman–Crippen LogP) is 1.52. The summed E-state index contributed by atoms with van der Waals surface area (Å²) in [6.07, 6.45) is -0.241. The number of amides is 1. The van der Waals surface area contributed by atoms with Crippen molar-refractivity contribution in [2.45, 2.75) is 19.4 Å². The molecule has 0 saturated heterocycles. The van der Waals surface area contributed by atoms with Crippen molar-refractivity contribution in [1.82, 2.24) is 0 Å². The van der Waals surface area contributed by atoms with Crippen LogP contribution in [0.3, 0.4) is 0 Å². The molecule has 2 rings (SSSR count). The summed E-state index contributed by atoms with van der Waals surface area (Å²) >= 11 is 0. The van der Waals surface area contributed by atoms with Crippen LogP contribution in [0.2, 0.25) is 0 Å². The van der Waals surface area contributed by atoms with Crippen LogP contribution in [0.25, 0.3) is 0 Å². The van der Waals surface area contributed by atoms with Crippen LogP contribution in [0.4, 0.5) is 5.69 Å². The Morgan fingerprint density at radius 3 is 2.83 bits per heavy atom. The zero-order valence-electron chi connectivity index (χ0n) is 9.64. The first-order chi connectivity index (χ1) is 8.35. The van der Waals surface area contributed by atoms with E-state index < -0.39 is 15.2 Å². The number of carbonyl (C=O) groups is 1. The van der Waals surface area contributed by atoms with Crippen LogP contribution in [0, 0.1) is 0 Å². The second kappa shape index (κ2) is 4.78. The molecule has 7 heteroatoms. The maximum Gasteiger partial charge on any atom is 0.265 e. The highest BCUT2D eigenvalue weighted by Crippen LogP contribution is 2.30. The number of benzene rings is 1. The van der Waals surface area contributed by atoms with Crippen molar-refractivity contribution in [1.29, 1.82) is 0 Å². The Balaban J connectivity index is 2.17. The lowest BCUT2D eigenvalue weighted by Crippen LogP contribution is -2.34. The molecule has 5 nitrogen and oxygen atoms in total. The van der Waals surface area contributed by atoms with E-state index in [1.54, 1.807) is 25.1 Å². The van der Waals surface area contributed by atoms with E-state index in [0.29, 0.717) is 17.9 Å². The van der Waals surface area contributed by atoms with Gasteiger partial charge in [0.25, 0.3) is 5.91 Å². The second-order valence-electron chi connectivity index (χ2n) is 4.07. The molecule has 18 heavy (non-hydrogen) atoms. The van der Waals surface area contributed by atoms with Crippen molar-refractivity contribution in [3.05, 3.63) is 23.8 Å². The molecule has 1 unspecified atom stereocenters. The highest BCUT2D eigenvalue weighted by molar-refractivity contribution is 8.13. The molecule has 0 fully saturated rings. The minimum absolute atomic E-state index is 0.130. The van der Waals surface area contributed by atoms with E-state index >= 15 is 0 Å². The van der Waals surface area contributed by atoms with Gasteiger partial charge in [-0.1, -0.05) is 6.07 Å². The molecule has 0 saturated carbocycles. The lowest BCUT2D eigenvalue weighted by atomic mass is 10.1. The topological polar surface area (TPSA) is 72.5 Å². The zero-order chi connectivity index (χ0) is 13.3. The number of aryl methyl sites for hydroxylation is 1. The Bertz CT molecular complexity index is 585. The summed E-state index contributed by atoms with van der Waals surface area (Å²) in [5.41, 5.74) is 1.39. The number of hydrogen-bond donors (Lipinski definition) is 1. The molecule has 1 aliphatic heterocycles. The van der Waals surface area contributed by atoms with E-state index in [2.05, 4.69) is 5.32 Å². The highest BCUT2D eigenvalue weighted by atomic mass is 35.7. The van der Waals surface area contributed by atoms with E-state index in [1.165, 1.54) is 0 Å². The molecule has 1 aromatic carbocycles. The molecule has 1 amide bonds. The SMILES string of the molecule is CC1Oc2cc(CCS(=O)(=O)Cl)ccc2NC1=O. The van der Waals surface area contributed by atoms with Gasteiger partial charge in [0.1, 0.15) is 5.75 Å². The van der Waals surface area contributed by atoms with Crippen LogP contribution in [0.15, 0.2) is 18.2 Å². The number of fused-ring (bicyclic) bond motifs is 1. The summed E-state index contributed by atoms with van der Waals surface area (Å²) < 4.78 is 27.2. The summed E-state index contributed by atoms with van der Waals surface area (Å²) in [5.74, 6) is 0.222. The van der Waals surface area contributed by atoms with E-state index in [1.807, 2.05) is 0 Å². The molecule has 0 spiro atoms. The Hall–Kier alpha value is -1.27. The van der Waals surface area contributed by atoms with Gasteiger partial charge in [-0.05, 0) is 31.0 Å². The Kier molecular flexibility index (Phi) is 3.49. The number of ether oxygens (including phenoxy) is 1. The number of anilines is 1. The standard InChI is InChI=1S/C11H12ClNO4S/c1-7-11(14)13-9-3-2-8(6-10(9)17-7)4-5-18(12,15)16/h2-3,6-7H,4-5H2,1H3,(H,13,14). The van der Waals surface area contributed by atoms with Crippen LogP contribution >= 0.6 is 10.7 Å². The van der Waals surface area contributed by atoms with E-state index in [9.17, 15) is 13.2 Å². The van der Waals surface area contributed by atoms with Gasteiger partial charge < -0.3 is 10.1 Å². The number of hydrogen-bond acceptors (Lipinski definition) is 4. The molecule has 0 aliphatic carbocycles. The third-order valence-corrected chi connectivity index (χ3v) is 3.77. The summed E-state index contributed by atoms with van der Waals surface area (Å²) in [4.78, 5) is 11.4. The van der Waals surface area contributed by atoms with Crippen LogP contribution in [0.5, 0.6) is 5.75 Å². The van der Waals surface area contributed by atoms with Gasteiger partial charge >= 0.3 is 0 Å². The van der Waals surface area contributed by atoms with E-state index in [0.717, 1.165) is 5.56 Å². The fourth-order valence-corrected chi connectivity index (χ4v) is 2.35. The third-order valence-electron chi connectivity index (χ3n) is 2.61. The summed E-state index contributed by atoms with van der Waals surface area (Å²) in [7, 11) is 1.65. The predicted molar refractivity (Wildman–Crippen MR) is 68.5 cm³/mol. The van der Waals surface area contributed by atoms with E-state index in [4.69, 9.17) is 15.4 Å². The first kappa shape index (κ1) is 13.2. The normalized spacial score (nSPS) is 18.8. The lowest BCUT2D eigenvalue weighted by Gasteiger charge is -2.23.